The summed E-state index contributed by atoms with van der Waals surface area (Å²) in [6.45, 7) is 9.95. The van der Waals surface area contributed by atoms with Crippen LogP contribution in [-0.2, 0) is 14.3 Å². The van der Waals surface area contributed by atoms with E-state index in [9.17, 15) is 9.59 Å². The molecule has 106 valence electrons. The predicted octanol–water partition coefficient (Wildman–Crippen LogP) is 2.16. The van der Waals surface area contributed by atoms with E-state index in [4.69, 9.17) is 10.5 Å². The van der Waals surface area contributed by atoms with E-state index in [0.717, 1.165) is 6.42 Å². The third kappa shape index (κ3) is 7.43. The van der Waals surface area contributed by atoms with Gasteiger partial charge in [-0.25, -0.2) is 0 Å². The Kier molecular flexibility index (Phi) is 7.14. The Hall–Kier alpha value is -0.900. The van der Waals surface area contributed by atoms with Gasteiger partial charge in [-0.3, -0.25) is 9.59 Å². The van der Waals surface area contributed by atoms with E-state index in [1.54, 1.807) is 0 Å². The molecule has 0 spiro atoms. The summed E-state index contributed by atoms with van der Waals surface area (Å²) < 4.78 is 5.00. The molecule has 0 saturated carbocycles. The standard InChI is InChI=1S/C14H27NO3/c1-10(2)6-11(8-15)7-13(17)18-9-12(16)14(3,4)5/h10-11H,6-9,15H2,1-5H3/t11-/m0/s1. The molecule has 2 N–H and O–H groups in total. The predicted molar refractivity (Wildman–Crippen MR) is 72.0 cm³/mol. The van der Waals surface area contributed by atoms with E-state index in [2.05, 4.69) is 13.8 Å². The molecule has 0 amide bonds. The van der Waals surface area contributed by atoms with Crippen molar-refractivity contribution in [2.75, 3.05) is 13.2 Å². The highest BCUT2D eigenvalue weighted by atomic mass is 16.5. The van der Waals surface area contributed by atoms with Gasteiger partial charge in [0.2, 0.25) is 0 Å². The number of esters is 1. The number of ether oxygens (including phenoxy) is 1. The first-order chi connectivity index (χ1) is 8.16. The fraction of sp³-hybridized carbons (Fsp3) is 0.857. The Labute approximate surface area is 110 Å². The highest BCUT2D eigenvalue weighted by Crippen LogP contribution is 2.17. The van der Waals surface area contributed by atoms with Crippen LogP contribution in [0.3, 0.4) is 0 Å². The minimum atomic E-state index is -0.467. The van der Waals surface area contributed by atoms with E-state index < -0.39 is 5.41 Å². The van der Waals surface area contributed by atoms with Crippen molar-refractivity contribution in [3.63, 3.8) is 0 Å². The smallest absolute Gasteiger partial charge is 0.306 e. The van der Waals surface area contributed by atoms with E-state index in [0.29, 0.717) is 18.9 Å². The van der Waals surface area contributed by atoms with Gasteiger partial charge >= 0.3 is 5.97 Å². The number of carbonyl (C=O) groups is 2. The Morgan fingerprint density at radius 2 is 1.78 bits per heavy atom. The van der Waals surface area contributed by atoms with Crippen LogP contribution in [0.25, 0.3) is 0 Å². The molecule has 0 rings (SSSR count). The van der Waals surface area contributed by atoms with Crippen molar-refractivity contribution in [1.29, 1.82) is 0 Å². The molecule has 0 aromatic rings. The maximum absolute atomic E-state index is 11.6. The van der Waals surface area contributed by atoms with Gasteiger partial charge in [-0.05, 0) is 24.8 Å². The van der Waals surface area contributed by atoms with E-state index in [1.807, 2.05) is 20.8 Å². The van der Waals surface area contributed by atoms with Crippen LogP contribution in [0.2, 0.25) is 0 Å². The number of ketones is 1. The van der Waals surface area contributed by atoms with E-state index >= 15 is 0 Å². The first-order valence-electron chi connectivity index (χ1n) is 6.55. The molecular formula is C14H27NO3. The second-order valence-electron chi connectivity index (χ2n) is 6.27. The van der Waals surface area contributed by atoms with Crippen LogP contribution in [-0.4, -0.2) is 24.9 Å². The van der Waals surface area contributed by atoms with E-state index in [-0.39, 0.29) is 24.3 Å². The van der Waals surface area contributed by atoms with Gasteiger partial charge in [0.05, 0.1) is 0 Å². The number of carbonyl (C=O) groups excluding carboxylic acids is 2. The summed E-state index contributed by atoms with van der Waals surface area (Å²) in [6.07, 6.45) is 1.20. The first kappa shape index (κ1) is 17.1. The minimum absolute atomic E-state index is 0.0657. The lowest BCUT2D eigenvalue weighted by Gasteiger charge is -2.18. The highest BCUT2D eigenvalue weighted by molar-refractivity contribution is 5.86. The SMILES string of the molecule is CC(C)C[C@H](CN)CC(=O)OCC(=O)C(C)(C)C. The average Bonchev–Trinajstić information content (AvgIpc) is 2.22. The lowest BCUT2D eigenvalue weighted by Crippen LogP contribution is -2.28. The number of Topliss-reactive ketones (excluding diaryl/α,β-unsaturated/α-hetero) is 1. The van der Waals surface area contributed by atoms with Gasteiger partial charge < -0.3 is 10.5 Å². The summed E-state index contributed by atoms with van der Waals surface area (Å²) >= 11 is 0. The van der Waals surface area contributed by atoms with E-state index in [1.165, 1.54) is 0 Å². The largest absolute Gasteiger partial charge is 0.458 e. The number of nitrogens with two attached hydrogens (primary N) is 1. The fourth-order valence-corrected chi connectivity index (χ4v) is 1.59. The molecule has 0 radical (unpaired) electrons. The topological polar surface area (TPSA) is 69.4 Å². The Morgan fingerprint density at radius 3 is 2.17 bits per heavy atom. The molecule has 0 aliphatic heterocycles. The van der Waals surface area contributed by atoms with Gasteiger partial charge in [0.1, 0.15) is 0 Å². The first-order valence-corrected chi connectivity index (χ1v) is 6.55. The van der Waals surface area contributed by atoms with Crippen molar-refractivity contribution in [3.8, 4) is 0 Å². The Morgan fingerprint density at radius 1 is 1.22 bits per heavy atom. The quantitative estimate of drug-likeness (QED) is 0.709. The van der Waals surface area contributed by atoms with Crippen molar-refractivity contribution in [2.45, 2.75) is 47.5 Å². The fourth-order valence-electron chi connectivity index (χ4n) is 1.59. The molecule has 0 aliphatic carbocycles. The molecule has 0 heterocycles. The lowest BCUT2D eigenvalue weighted by molar-refractivity contribution is -0.151. The molecule has 4 heteroatoms. The van der Waals surface area contributed by atoms with Crippen LogP contribution in [0, 0.1) is 17.3 Å². The second-order valence-corrected chi connectivity index (χ2v) is 6.27. The molecule has 0 aromatic heterocycles. The van der Waals surface area contributed by atoms with Gasteiger partial charge in [-0.15, -0.1) is 0 Å². The van der Waals surface area contributed by atoms with Crippen molar-refractivity contribution in [3.05, 3.63) is 0 Å². The van der Waals surface area contributed by atoms with Crippen LogP contribution in [0.4, 0.5) is 0 Å². The molecule has 0 aliphatic rings. The summed E-state index contributed by atoms with van der Waals surface area (Å²) in [7, 11) is 0. The van der Waals surface area contributed by atoms with Crippen molar-refractivity contribution in [2.24, 2.45) is 23.0 Å². The molecule has 0 saturated heterocycles. The minimum Gasteiger partial charge on any atom is -0.458 e. The van der Waals surface area contributed by atoms with Crippen LogP contribution >= 0.6 is 0 Å². The van der Waals surface area contributed by atoms with Crippen molar-refractivity contribution in [1.82, 2.24) is 0 Å². The third-order valence-electron chi connectivity index (χ3n) is 2.79. The van der Waals surface area contributed by atoms with Crippen LogP contribution in [0.5, 0.6) is 0 Å². The molecule has 0 fully saturated rings. The molecule has 4 nitrogen and oxygen atoms in total. The molecule has 0 aromatic carbocycles. The van der Waals surface area contributed by atoms with Crippen LogP contribution < -0.4 is 5.73 Å². The third-order valence-corrected chi connectivity index (χ3v) is 2.79. The monoisotopic (exact) mass is 257 g/mol. The maximum Gasteiger partial charge on any atom is 0.306 e. The Bertz CT molecular complexity index is 279. The second kappa shape index (κ2) is 7.52. The zero-order valence-electron chi connectivity index (χ0n) is 12.3. The number of hydrogen-bond acceptors (Lipinski definition) is 4. The van der Waals surface area contributed by atoms with Gasteiger partial charge in [0, 0.05) is 11.8 Å². The van der Waals surface area contributed by atoms with Gasteiger partial charge in [-0.1, -0.05) is 34.6 Å². The average molecular weight is 257 g/mol. The summed E-state index contributed by atoms with van der Waals surface area (Å²) in [5, 5.41) is 0. The highest BCUT2D eigenvalue weighted by Gasteiger charge is 2.23. The number of rotatable bonds is 7. The summed E-state index contributed by atoms with van der Waals surface area (Å²) in [5.41, 5.74) is 5.15. The normalized spacial score (nSPS) is 13.5. The zero-order valence-corrected chi connectivity index (χ0v) is 12.3. The summed E-state index contributed by atoms with van der Waals surface area (Å²) in [5.74, 6) is 0.248. The van der Waals surface area contributed by atoms with Gasteiger partial charge in [-0.2, -0.15) is 0 Å². The van der Waals surface area contributed by atoms with Crippen molar-refractivity contribution >= 4 is 11.8 Å². The molecule has 18 heavy (non-hydrogen) atoms. The summed E-state index contributed by atoms with van der Waals surface area (Å²) in [6, 6.07) is 0. The Balaban J connectivity index is 4.07. The van der Waals surface area contributed by atoms with Gasteiger partial charge in [0.15, 0.2) is 12.4 Å². The molecule has 0 unspecified atom stereocenters. The molecule has 1 atom stereocenters. The zero-order chi connectivity index (χ0) is 14.3. The summed E-state index contributed by atoms with van der Waals surface area (Å²) in [4.78, 5) is 23.2. The number of hydrogen-bond donors (Lipinski definition) is 1. The van der Waals surface area contributed by atoms with Crippen molar-refractivity contribution < 1.29 is 14.3 Å². The molecular weight excluding hydrogens is 230 g/mol. The van der Waals surface area contributed by atoms with Gasteiger partial charge in [0.25, 0.3) is 0 Å². The molecule has 0 bridgehead atoms. The maximum atomic E-state index is 11.6. The van der Waals surface area contributed by atoms with Crippen LogP contribution in [0.15, 0.2) is 0 Å². The van der Waals surface area contributed by atoms with Crippen LogP contribution in [0.1, 0.15) is 47.5 Å². The lowest BCUT2D eigenvalue weighted by atomic mass is 9.91.